The SMILES string of the molecule is CCc1c(C(=O)N2CCC(NC(=O)c3occc3C)CC2)[nH]c(C)c1C(C)=O. The number of ketones is 1. The highest BCUT2D eigenvalue weighted by Crippen LogP contribution is 2.23. The maximum absolute atomic E-state index is 13.0. The number of carbonyl (C=O) groups is 3. The Labute approximate surface area is 164 Å². The molecular weight excluding hydrogens is 358 g/mol. The molecule has 0 bridgehead atoms. The number of H-pyrrole nitrogens is 1. The zero-order valence-electron chi connectivity index (χ0n) is 16.8. The lowest BCUT2D eigenvalue weighted by Crippen LogP contribution is -2.46. The van der Waals surface area contributed by atoms with Gasteiger partial charge in [0, 0.05) is 36.0 Å². The Balaban J connectivity index is 1.64. The van der Waals surface area contributed by atoms with Gasteiger partial charge in [0.05, 0.1) is 6.26 Å². The quantitative estimate of drug-likeness (QED) is 0.774. The Morgan fingerprint density at radius 3 is 2.46 bits per heavy atom. The molecule has 7 heteroatoms. The molecule has 1 fully saturated rings. The second kappa shape index (κ2) is 8.04. The van der Waals surface area contributed by atoms with Crippen molar-refractivity contribution in [3.8, 4) is 0 Å². The third kappa shape index (κ3) is 3.74. The maximum atomic E-state index is 13.0. The predicted octanol–water partition coefficient (Wildman–Crippen LogP) is 3.02. The van der Waals surface area contributed by atoms with Crippen LogP contribution in [0, 0.1) is 13.8 Å². The summed E-state index contributed by atoms with van der Waals surface area (Å²) in [6.07, 6.45) is 3.48. The second-order valence-corrected chi connectivity index (χ2v) is 7.36. The number of rotatable bonds is 5. The summed E-state index contributed by atoms with van der Waals surface area (Å²) < 4.78 is 5.23. The van der Waals surface area contributed by atoms with Gasteiger partial charge in [-0.3, -0.25) is 14.4 Å². The van der Waals surface area contributed by atoms with Gasteiger partial charge in [-0.25, -0.2) is 0 Å². The molecular formula is C21H27N3O4. The summed E-state index contributed by atoms with van der Waals surface area (Å²) in [4.78, 5) is 42.1. The molecule has 1 aliphatic rings. The van der Waals surface area contributed by atoms with E-state index in [1.807, 2.05) is 20.8 Å². The summed E-state index contributed by atoms with van der Waals surface area (Å²) in [6.45, 7) is 8.24. The van der Waals surface area contributed by atoms with Crippen LogP contribution in [0.2, 0.25) is 0 Å². The van der Waals surface area contributed by atoms with Crippen LogP contribution in [-0.4, -0.2) is 46.6 Å². The normalized spacial score (nSPS) is 14.9. The van der Waals surface area contributed by atoms with Gasteiger partial charge in [0.1, 0.15) is 5.69 Å². The van der Waals surface area contributed by atoms with Crippen molar-refractivity contribution in [1.82, 2.24) is 15.2 Å². The van der Waals surface area contributed by atoms with Crippen LogP contribution in [0.25, 0.3) is 0 Å². The number of amides is 2. The van der Waals surface area contributed by atoms with Crippen LogP contribution in [0.5, 0.6) is 0 Å². The molecule has 28 heavy (non-hydrogen) atoms. The fourth-order valence-corrected chi connectivity index (χ4v) is 3.93. The highest BCUT2D eigenvalue weighted by Gasteiger charge is 2.29. The molecule has 0 unspecified atom stereocenters. The summed E-state index contributed by atoms with van der Waals surface area (Å²) in [5.41, 5.74) is 3.48. The number of nitrogens with zero attached hydrogens (tertiary/aromatic N) is 1. The zero-order valence-corrected chi connectivity index (χ0v) is 16.8. The minimum atomic E-state index is -0.216. The average molecular weight is 385 g/mol. The molecule has 2 N–H and O–H groups in total. The zero-order chi connectivity index (χ0) is 20.4. The van der Waals surface area contributed by atoms with E-state index in [1.165, 1.54) is 13.2 Å². The fraction of sp³-hybridized carbons (Fsp3) is 0.476. The van der Waals surface area contributed by atoms with Crippen LogP contribution in [-0.2, 0) is 6.42 Å². The van der Waals surface area contributed by atoms with Gasteiger partial charge in [-0.1, -0.05) is 6.92 Å². The number of furan rings is 1. The lowest BCUT2D eigenvalue weighted by atomic mass is 10.0. The number of hydrogen-bond donors (Lipinski definition) is 2. The molecule has 2 aromatic heterocycles. The van der Waals surface area contributed by atoms with Crippen molar-refractivity contribution in [2.75, 3.05) is 13.1 Å². The van der Waals surface area contributed by atoms with Gasteiger partial charge >= 0.3 is 0 Å². The van der Waals surface area contributed by atoms with Gasteiger partial charge in [-0.15, -0.1) is 0 Å². The van der Waals surface area contributed by atoms with Crippen LogP contribution in [0.1, 0.15) is 74.9 Å². The summed E-state index contributed by atoms with van der Waals surface area (Å²) in [6, 6.07) is 1.76. The molecule has 0 aliphatic carbocycles. The molecule has 2 amide bonds. The van der Waals surface area contributed by atoms with Crippen LogP contribution in [0.3, 0.4) is 0 Å². The number of piperidine rings is 1. The fourth-order valence-electron chi connectivity index (χ4n) is 3.93. The minimum absolute atomic E-state index is 0.00449. The number of aromatic amines is 1. The van der Waals surface area contributed by atoms with Crippen molar-refractivity contribution >= 4 is 17.6 Å². The summed E-state index contributed by atoms with van der Waals surface area (Å²) in [5.74, 6) is 0.00903. The molecule has 3 heterocycles. The van der Waals surface area contributed by atoms with E-state index in [4.69, 9.17) is 4.42 Å². The highest BCUT2D eigenvalue weighted by atomic mass is 16.3. The van der Waals surface area contributed by atoms with E-state index in [0.29, 0.717) is 49.4 Å². The Bertz CT molecular complexity index is 901. The number of aryl methyl sites for hydroxylation is 2. The Hall–Kier alpha value is -2.83. The average Bonchev–Trinajstić information content (AvgIpc) is 3.24. The van der Waals surface area contributed by atoms with Crippen molar-refractivity contribution in [1.29, 1.82) is 0 Å². The lowest BCUT2D eigenvalue weighted by Gasteiger charge is -2.32. The van der Waals surface area contributed by atoms with Gasteiger partial charge in [0.25, 0.3) is 11.8 Å². The first-order valence-electron chi connectivity index (χ1n) is 9.70. The van der Waals surface area contributed by atoms with Crippen LogP contribution >= 0.6 is 0 Å². The van der Waals surface area contributed by atoms with Gasteiger partial charge in [0.2, 0.25) is 0 Å². The highest BCUT2D eigenvalue weighted by molar-refractivity contribution is 6.02. The molecule has 0 radical (unpaired) electrons. The summed E-state index contributed by atoms with van der Waals surface area (Å²) in [5, 5.41) is 2.99. The standard InChI is InChI=1S/C21H27N3O4/c1-5-16-17(14(4)25)13(3)22-18(16)21(27)24-9-6-15(7-10-24)23-20(26)19-12(2)8-11-28-19/h8,11,15,22H,5-7,9-10H2,1-4H3,(H,23,26). The van der Waals surface area contributed by atoms with Crippen LogP contribution < -0.4 is 5.32 Å². The van der Waals surface area contributed by atoms with Crippen molar-refractivity contribution < 1.29 is 18.8 Å². The predicted molar refractivity (Wildman–Crippen MR) is 105 cm³/mol. The largest absolute Gasteiger partial charge is 0.459 e. The second-order valence-electron chi connectivity index (χ2n) is 7.36. The van der Waals surface area contributed by atoms with Crippen molar-refractivity contribution in [2.45, 2.75) is 53.0 Å². The first-order valence-corrected chi connectivity index (χ1v) is 9.70. The molecule has 3 rings (SSSR count). The van der Waals surface area contributed by atoms with Gasteiger partial charge in [-0.2, -0.15) is 0 Å². The maximum Gasteiger partial charge on any atom is 0.287 e. The van der Waals surface area contributed by atoms with Crippen molar-refractivity contribution in [2.24, 2.45) is 0 Å². The number of hydrogen-bond acceptors (Lipinski definition) is 4. The van der Waals surface area contributed by atoms with E-state index >= 15 is 0 Å². The van der Waals surface area contributed by atoms with Crippen LogP contribution in [0.4, 0.5) is 0 Å². The van der Waals surface area contributed by atoms with Gasteiger partial charge in [0.15, 0.2) is 11.5 Å². The molecule has 2 aromatic rings. The molecule has 0 saturated carbocycles. The summed E-state index contributed by atoms with van der Waals surface area (Å²) >= 11 is 0. The molecule has 7 nitrogen and oxygen atoms in total. The Morgan fingerprint density at radius 2 is 1.93 bits per heavy atom. The van der Waals surface area contributed by atoms with E-state index < -0.39 is 0 Å². The molecule has 1 saturated heterocycles. The molecule has 0 spiro atoms. The van der Waals surface area contributed by atoms with E-state index in [-0.39, 0.29) is 23.6 Å². The molecule has 1 aliphatic heterocycles. The smallest absolute Gasteiger partial charge is 0.287 e. The number of nitrogens with one attached hydrogen (secondary N) is 2. The summed E-state index contributed by atoms with van der Waals surface area (Å²) in [7, 11) is 0. The number of carbonyl (C=O) groups excluding carboxylic acids is 3. The molecule has 0 atom stereocenters. The first-order chi connectivity index (χ1) is 13.3. The number of likely N-dealkylation sites (tertiary alicyclic amines) is 1. The van der Waals surface area contributed by atoms with Crippen molar-refractivity contribution in [3.63, 3.8) is 0 Å². The van der Waals surface area contributed by atoms with E-state index in [9.17, 15) is 14.4 Å². The Morgan fingerprint density at radius 1 is 1.25 bits per heavy atom. The molecule has 0 aromatic carbocycles. The van der Waals surface area contributed by atoms with Gasteiger partial charge in [-0.05, 0) is 51.7 Å². The van der Waals surface area contributed by atoms with E-state index in [2.05, 4.69) is 10.3 Å². The number of Topliss-reactive ketones (excluding diaryl/α,β-unsaturated/α-hetero) is 1. The third-order valence-corrected chi connectivity index (χ3v) is 5.40. The van der Waals surface area contributed by atoms with E-state index in [1.54, 1.807) is 11.0 Å². The Kier molecular flexibility index (Phi) is 5.72. The van der Waals surface area contributed by atoms with E-state index in [0.717, 1.165) is 16.8 Å². The lowest BCUT2D eigenvalue weighted by molar-refractivity contribution is 0.0689. The first kappa shape index (κ1) is 19.9. The monoisotopic (exact) mass is 385 g/mol. The van der Waals surface area contributed by atoms with Crippen LogP contribution in [0.15, 0.2) is 16.7 Å². The van der Waals surface area contributed by atoms with Gasteiger partial charge < -0.3 is 19.6 Å². The van der Waals surface area contributed by atoms with Crippen molar-refractivity contribution in [3.05, 3.63) is 46.2 Å². The topological polar surface area (TPSA) is 95.4 Å². The third-order valence-electron chi connectivity index (χ3n) is 5.40. The molecule has 150 valence electrons. The minimum Gasteiger partial charge on any atom is -0.459 e. The number of aromatic nitrogens is 1.